The number of hydrogen-bond donors (Lipinski definition) is 1. The lowest BCUT2D eigenvalue weighted by Gasteiger charge is -1.99. The van der Waals surface area contributed by atoms with Crippen LogP contribution in [-0.4, -0.2) is 10.1 Å². The van der Waals surface area contributed by atoms with Crippen molar-refractivity contribution in [3.05, 3.63) is 17.5 Å². The van der Waals surface area contributed by atoms with Crippen molar-refractivity contribution in [1.82, 2.24) is 10.1 Å². The lowest BCUT2D eigenvalue weighted by Crippen LogP contribution is -1.94. The molecule has 0 saturated heterocycles. The predicted octanol–water partition coefficient (Wildman–Crippen LogP) is 3.35. The summed E-state index contributed by atoms with van der Waals surface area (Å²) in [5, 5.41) is 4.89. The summed E-state index contributed by atoms with van der Waals surface area (Å²) in [6, 6.07) is 1.94. The average molecular weight is 249 g/mol. The Hall–Kier alpha value is -1.36. The number of rotatable bonds is 2. The van der Waals surface area contributed by atoms with Crippen LogP contribution in [0.1, 0.15) is 43.0 Å². The molecule has 5 heteroatoms. The van der Waals surface area contributed by atoms with Gasteiger partial charge in [-0.25, -0.2) is 0 Å². The molecule has 0 bridgehead atoms. The summed E-state index contributed by atoms with van der Waals surface area (Å²) in [5.41, 5.74) is 6.88. The Morgan fingerprint density at radius 2 is 2.18 bits per heavy atom. The minimum absolute atomic E-state index is 0.491. The predicted molar refractivity (Wildman–Crippen MR) is 68.0 cm³/mol. The van der Waals surface area contributed by atoms with Gasteiger partial charge >= 0.3 is 0 Å². The van der Waals surface area contributed by atoms with E-state index in [1.807, 2.05) is 13.0 Å². The van der Waals surface area contributed by atoms with E-state index in [2.05, 4.69) is 10.1 Å². The van der Waals surface area contributed by atoms with E-state index in [0.717, 1.165) is 21.3 Å². The molecule has 4 nitrogen and oxygen atoms in total. The Balaban J connectivity index is 1.91. The zero-order valence-electron chi connectivity index (χ0n) is 9.77. The second kappa shape index (κ2) is 4.14. The smallest absolute Gasteiger partial charge is 0.268 e. The number of nitrogens with two attached hydrogens (primary N) is 1. The van der Waals surface area contributed by atoms with Gasteiger partial charge in [0.05, 0.1) is 9.88 Å². The first-order chi connectivity index (χ1) is 8.24. The van der Waals surface area contributed by atoms with E-state index in [1.165, 1.54) is 37.0 Å². The number of nitrogen functional groups attached to an aromatic ring is 1. The van der Waals surface area contributed by atoms with Crippen molar-refractivity contribution in [2.75, 3.05) is 5.73 Å². The van der Waals surface area contributed by atoms with E-state index < -0.39 is 0 Å². The monoisotopic (exact) mass is 249 g/mol. The Morgan fingerprint density at radius 3 is 2.82 bits per heavy atom. The molecule has 2 N–H and O–H groups in total. The zero-order valence-corrected chi connectivity index (χ0v) is 10.6. The molecule has 3 rings (SSSR count). The minimum atomic E-state index is 0.491. The molecule has 90 valence electrons. The molecule has 0 aromatic carbocycles. The number of nitrogens with zero attached hydrogens (tertiary/aromatic N) is 2. The molecule has 0 radical (unpaired) electrons. The largest absolute Gasteiger partial charge is 0.391 e. The van der Waals surface area contributed by atoms with Gasteiger partial charge in [0.25, 0.3) is 5.89 Å². The van der Waals surface area contributed by atoms with Gasteiger partial charge in [-0.2, -0.15) is 4.98 Å². The maximum Gasteiger partial charge on any atom is 0.268 e. The summed E-state index contributed by atoms with van der Waals surface area (Å²) < 4.78 is 5.35. The SMILES string of the molecule is Cc1cc(N)sc1-c1nc(C2CCCC2)no1. The van der Waals surface area contributed by atoms with Crippen LogP contribution in [0.3, 0.4) is 0 Å². The first-order valence-corrected chi connectivity index (χ1v) is 6.75. The molecule has 17 heavy (non-hydrogen) atoms. The number of thiophene rings is 1. The Kier molecular flexibility index (Phi) is 2.63. The van der Waals surface area contributed by atoms with E-state index in [9.17, 15) is 0 Å². The summed E-state index contributed by atoms with van der Waals surface area (Å²) in [7, 11) is 0. The number of aromatic nitrogens is 2. The van der Waals surface area contributed by atoms with Crippen LogP contribution in [0, 0.1) is 6.92 Å². The van der Waals surface area contributed by atoms with Crippen LogP contribution in [0.2, 0.25) is 0 Å². The van der Waals surface area contributed by atoms with Crippen molar-refractivity contribution in [3.63, 3.8) is 0 Å². The van der Waals surface area contributed by atoms with E-state index >= 15 is 0 Å². The molecule has 2 aromatic rings. The molecule has 1 aliphatic rings. The highest BCUT2D eigenvalue weighted by atomic mass is 32.1. The van der Waals surface area contributed by atoms with Crippen LogP contribution in [0.25, 0.3) is 10.8 Å². The molecule has 0 amide bonds. The highest BCUT2D eigenvalue weighted by molar-refractivity contribution is 7.19. The number of hydrogen-bond acceptors (Lipinski definition) is 5. The van der Waals surface area contributed by atoms with Crippen LogP contribution in [0.15, 0.2) is 10.6 Å². The van der Waals surface area contributed by atoms with Crippen molar-refractivity contribution < 1.29 is 4.52 Å². The third-order valence-corrected chi connectivity index (χ3v) is 4.35. The topological polar surface area (TPSA) is 64.9 Å². The second-order valence-electron chi connectivity index (χ2n) is 4.60. The highest BCUT2D eigenvalue weighted by Gasteiger charge is 2.23. The molecule has 0 spiro atoms. The second-order valence-corrected chi connectivity index (χ2v) is 5.68. The Morgan fingerprint density at radius 1 is 1.41 bits per heavy atom. The fourth-order valence-electron chi connectivity index (χ4n) is 2.40. The van der Waals surface area contributed by atoms with Gasteiger partial charge in [-0.15, -0.1) is 11.3 Å². The van der Waals surface area contributed by atoms with Crippen molar-refractivity contribution in [1.29, 1.82) is 0 Å². The van der Waals surface area contributed by atoms with Gasteiger partial charge in [0.2, 0.25) is 0 Å². The maximum atomic E-state index is 5.77. The van der Waals surface area contributed by atoms with Crippen LogP contribution >= 0.6 is 11.3 Å². The van der Waals surface area contributed by atoms with Crippen LogP contribution in [0.5, 0.6) is 0 Å². The lowest BCUT2D eigenvalue weighted by atomic mass is 10.1. The van der Waals surface area contributed by atoms with Gasteiger partial charge < -0.3 is 10.3 Å². The van der Waals surface area contributed by atoms with Gasteiger partial charge in [0, 0.05) is 5.92 Å². The summed E-state index contributed by atoms with van der Waals surface area (Å²) in [4.78, 5) is 5.51. The minimum Gasteiger partial charge on any atom is -0.391 e. The van der Waals surface area contributed by atoms with Crippen LogP contribution in [0.4, 0.5) is 5.00 Å². The first-order valence-electron chi connectivity index (χ1n) is 5.94. The van der Waals surface area contributed by atoms with Gasteiger partial charge in [0.15, 0.2) is 5.82 Å². The average Bonchev–Trinajstić information content (AvgIpc) is 2.97. The zero-order chi connectivity index (χ0) is 11.8. The summed E-state index contributed by atoms with van der Waals surface area (Å²) in [6.45, 7) is 2.02. The third kappa shape index (κ3) is 1.95. The lowest BCUT2D eigenvalue weighted by molar-refractivity contribution is 0.416. The Bertz CT molecular complexity index is 526. The van der Waals surface area contributed by atoms with Crippen LogP contribution < -0.4 is 5.73 Å². The fraction of sp³-hybridized carbons (Fsp3) is 0.500. The molecule has 0 aliphatic heterocycles. The van der Waals surface area contributed by atoms with Gasteiger partial charge in [-0.1, -0.05) is 18.0 Å². The molecule has 0 atom stereocenters. The van der Waals surface area contributed by atoms with E-state index in [1.54, 1.807) is 0 Å². The van der Waals surface area contributed by atoms with E-state index in [4.69, 9.17) is 10.3 Å². The van der Waals surface area contributed by atoms with E-state index in [-0.39, 0.29) is 0 Å². The Labute approximate surface area is 104 Å². The third-order valence-electron chi connectivity index (χ3n) is 3.29. The van der Waals surface area contributed by atoms with E-state index in [0.29, 0.717) is 11.8 Å². The standard InChI is InChI=1S/C12H15N3OS/c1-7-6-9(13)17-10(7)12-14-11(15-16-12)8-4-2-3-5-8/h6,8H,2-5,13H2,1H3. The summed E-state index contributed by atoms with van der Waals surface area (Å²) in [5.74, 6) is 1.97. The molecule has 1 aliphatic carbocycles. The summed E-state index contributed by atoms with van der Waals surface area (Å²) >= 11 is 1.50. The summed E-state index contributed by atoms with van der Waals surface area (Å²) in [6.07, 6.45) is 4.92. The van der Waals surface area contributed by atoms with Gasteiger partial charge in [-0.3, -0.25) is 0 Å². The quantitative estimate of drug-likeness (QED) is 0.886. The molecule has 1 saturated carbocycles. The molecule has 2 heterocycles. The normalized spacial score (nSPS) is 16.8. The van der Waals surface area contributed by atoms with Gasteiger partial charge in [0.1, 0.15) is 0 Å². The molecule has 1 fully saturated rings. The van der Waals surface area contributed by atoms with Crippen molar-refractivity contribution in [2.24, 2.45) is 0 Å². The molecular formula is C12H15N3OS. The van der Waals surface area contributed by atoms with Crippen molar-refractivity contribution >= 4 is 16.3 Å². The molecule has 2 aromatic heterocycles. The first kappa shape index (κ1) is 10.8. The van der Waals surface area contributed by atoms with Crippen molar-refractivity contribution in [2.45, 2.75) is 38.5 Å². The number of aryl methyl sites for hydroxylation is 1. The molecule has 0 unspecified atom stereocenters. The highest BCUT2D eigenvalue weighted by Crippen LogP contribution is 2.36. The molecular weight excluding hydrogens is 234 g/mol. The van der Waals surface area contributed by atoms with Crippen LogP contribution in [-0.2, 0) is 0 Å². The van der Waals surface area contributed by atoms with Gasteiger partial charge in [-0.05, 0) is 31.4 Å². The van der Waals surface area contributed by atoms with Crippen molar-refractivity contribution in [3.8, 4) is 10.8 Å². The maximum absolute atomic E-state index is 5.77. The fourth-order valence-corrected chi connectivity index (χ4v) is 3.26. The number of anilines is 1.